The lowest BCUT2D eigenvalue weighted by Gasteiger charge is -2.30. The number of hydrogen-bond donors (Lipinski definition) is 1. The summed E-state index contributed by atoms with van der Waals surface area (Å²) >= 11 is 1.64. The van der Waals surface area contributed by atoms with Gasteiger partial charge in [-0.15, -0.1) is 11.3 Å². The van der Waals surface area contributed by atoms with Gasteiger partial charge in [0.1, 0.15) is 23.1 Å². The number of rotatable bonds is 5. The van der Waals surface area contributed by atoms with E-state index in [-0.39, 0.29) is 17.7 Å². The first-order valence-electron chi connectivity index (χ1n) is 13.0. The van der Waals surface area contributed by atoms with Crippen LogP contribution in [0.4, 0.5) is 5.82 Å². The lowest BCUT2D eigenvalue weighted by atomic mass is 9.95. The number of carbonyl (C=O) groups is 1. The minimum atomic E-state index is -0.192. The maximum absolute atomic E-state index is 12.1. The molecule has 1 N–H and O–H groups in total. The Morgan fingerprint density at radius 1 is 1.21 bits per heavy atom. The van der Waals surface area contributed by atoms with E-state index in [9.17, 15) is 4.79 Å². The smallest absolute Gasteiger partial charge is 0.224 e. The molecule has 0 spiro atoms. The third kappa shape index (κ3) is 3.90. The quantitative estimate of drug-likeness (QED) is 0.349. The molecule has 10 heteroatoms. The predicted octanol–water partition coefficient (Wildman–Crippen LogP) is 4.85. The van der Waals surface area contributed by atoms with Gasteiger partial charge in [0.2, 0.25) is 5.91 Å². The highest BCUT2D eigenvalue weighted by Crippen LogP contribution is 2.38. The Bertz CT molecular complexity index is 1720. The van der Waals surface area contributed by atoms with Crippen LogP contribution in [0.3, 0.4) is 0 Å². The van der Waals surface area contributed by atoms with E-state index in [1.807, 2.05) is 18.3 Å². The Balaban J connectivity index is 1.13. The normalized spacial score (nSPS) is 19.1. The van der Waals surface area contributed by atoms with E-state index in [0.717, 1.165) is 74.3 Å². The molecular weight excluding hydrogens is 498 g/mol. The topological polar surface area (TPSA) is 98.1 Å². The van der Waals surface area contributed by atoms with E-state index in [1.165, 1.54) is 5.56 Å². The number of ether oxygens (including phenoxy) is 1. The molecule has 194 valence electrons. The third-order valence-electron chi connectivity index (χ3n) is 7.75. The van der Waals surface area contributed by atoms with Crippen LogP contribution in [0.5, 0.6) is 0 Å². The molecule has 4 aromatic heterocycles. The lowest BCUT2D eigenvalue weighted by Crippen LogP contribution is -2.32. The largest absolute Gasteiger partial charge is 0.370 e. The summed E-state index contributed by atoms with van der Waals surface area (Å²) < 4.78 is 9.17. The maximum atomic E-state index is 12.1. The summed E-state index contributed by atoms with van der Waals surface area (Å²) in [5.74, 6) is 1.02. The van der Waals surface area contributed by atoms with Crippen molar-refractivity contribution in [3.8, 4) is 0 Å². The summed E-state index contributed by atoms with van der Waals surface area (Å²) in [5.41, 5.74) is 6.21. The van der Waals surface area contributed by atoms with Gasteiger partial charge in [0, 0.05) is 37.4 Å². The fraction of sp³-hybridized carbons (Fsp3) is 0.393. The number of amides is 1. The molecule has 0 radical (unpaired) electrons. The molecule has 1 amide bonds. The van der Waals surface area contributed by atoms with Gasteiger partial charge in [-0.2, -0.15) is 0 Å². The molecule has 0 aliphatic carbocycles. The average molecular weight is 528 g/mol. The van der Waals surface area contributed by atoms with Gasteiger partial charge >= 0.3 is 0 Å². The Morgan fingerprint density at radius 2 is 2.11 bits per heavy atom. The number of pyridine rings is 1. The minimum absolute atomic E-state index is 0.0278. The first-order chi connectivity index (χ1) is 18.4. The molecule has 5 aromatic rings. The second kappa shape index (κ2) is 8.71. The second-order valence-corrected chi connectivity index (χ2v) is 11.8. The predicted molar refractivity (Wildman–Crippen MR) is 148 cm³/mol. The van der Waals surface area contributed by atoms with Crippen molar-refractivity contribution >= 4 is 54.5 Å². The molecule has 1 fully saturated rings. The molecule has 1 atom stereocenters. The molecule has 38 heavy (non-hydrogen) atoms. The fourth-order valence-corrected chi connectivity index (χ4v) is 6.71. The zero-order valence-corrected chi connectivity index (χ0v) is 22.5. The van der Waals surface area contributed by atoms with Crippen LogP contribution in [0, 0.1) is 0 Å². The summed E-state index contributed by atoms with van der Waals surface area (Å²) in [4.78, 5) is 33.6. The van der Waals surface area contributed by atoms with Crippen LogP contribution < -0.4 is 5.32 Å². The molecule has 1 aromatic carbocycles. The van der Waals surface area contributed by atoms with Crippen LogP contribution in [0.25, 0.3) is 31.5 Å². The molecule has 0 saturated carbocycles. The molecule has 7 rings (SSSR count). The molecule has 1 unspecified atom stereocenters. The maximum Gasteiger partial charge on any atom is 0.224 e. The first kappa shape index (κ1) is 23.5. The van der Waals surface area contributed by atoms with E-state index in [1.54, 1.807) is 17.7 Å². The zero-order valence-electron chi connectivity index (χ0n) is 21.7. The number of likely N-dealkylation sites (tertiary alicyclic amines) is 1. The summed E-state index contributed by atoms with van der Waals surface area (Å²) in [6.07, 6.45) is 6.54. The Hall–Kier alpha value is -3.63. The van der Waals surface area contributed by atoms with Crippen LogP contribution in [0.2, 0.25) is 0 Å². The van der Waals surface area contributed by atoms with Crippen molar-refractivity contribution in [2.75, 3.05) is 18.9 Å². The van der Waals surface area contributed by atoms with Crippen molar-refractivity contribution in [3.05, 3.63) is 53.7 Å². The fourth-order valence-electron chi connectivity index (χ4n) is 5.62. The van der Waals surface area contributed by atoms with E-state index in [0.29, 0.717) is 13.0 Å². The van der Waals surface area contributed by atoms with Gasteiger partial charge < -0.3 is 19.5 Å². The van der Waals surface area contributed by atoms with Crippen molar-refractivity contribution in [2.24, 2.45) is 0 Å². The standard InChI is InChI=1S/C28H29N7O2S/c1-28(2)12-20-17(13-37-28)11-18-24-25(38-27(18)33-20)26(31-14-30-24)29-9-8-16-4-5-19-21(10-16)35(15-32-19)22-6-7-23(36)34(22)3/h4-5,10-11,14-15,22H,6-9,12-13H2,1-3H3,(H,29,30,31). The van der Waals surface area contributed by atoms with Crippen LogP contribution in [-0.4, -0.2) is 54.5 Å². The SMILES string of the molecule is CN1C(=O)CCC1n1cnc2ccc(CCNc3ncnc4c3sc3nc5c(cc34)COC(C)(C)C5)cc21. The zero-order chi connectivity index (χ0) is 26.0. The van der Waals surface area contributed by atoms with Gasteiger partial charge in [-0.25, -0.2) is 19.9 Å². The highest BCUT2D eigenvalue weighted by atomic mass is 32.1. The number of carbonyl (C=O) groups excluding carboxylic acids is 1. The average Bonchev–Trinajstić information content (AvgIpc) is 3.57. The van der Waals surface area contributed by atoms with E-state index < -0.39 is 0 Å². The van der Waals surface area contributed by atoms with Crippen LogP contribution >= 0.6 is 11.3 Å². The van der Waals surface area contributed by atoms with E-state index in [4.69, 9.17) is 9.72 Å². The second-order valence-electron chi connectivity index (χ2n) is 10.8. The van der Waals surface area contributed by atoms with E-state index in [2.05, 4.69) is 62.9 Å². The van der Waals surface area contributed by atoms with Gasteiger partial charge in [0.25, 0.3) is 0 Å². The van der Waals surface area contributed by atoms with Gasteiger partial charge in [-0.05, 0) is 50.5 Å². The van der Waals surface area contributed by atoms with Gasteiger partial charge in [0.05, 0.1) is 45.5 Å². The molecular formula is C28H29N7O2S. The molecule has 9 nitrogen and oxygen atoms in total. The van der Waals surface area contributed by atoms with Crippen molar-refractivity contribution in [1.29, 1.82) is 0 Å². The first-order valence-corrected chi connectivity index (χ1v) is 13.8. The number of fused-ring (bicyclic) bond motifs is 5. The molecule has 2 aliphatic heterocycles. The lowest BCUT2D eigenvalue weighted by molar-refractivity contribution is -0.128. The summed E-state index contributed by atoms with van der Waals surface area (Å²) in [5, 5.41) is 4.60. The Morgan fingerprint density at radius 3 is 2.95 bits per heavy atom. The number of anilines is 1. The minimum Gasteiger partial charge on any atom is -0.370 e. The summed E-state index contributed by atoms with van der Waals surface area (Å²) in [6, 6.07) is 8.56. The number of nitrogens with zero attached hydrogens (tertiary/aromatic N) is 6. The molecule has 1 saturated heterocycles. The number of thiophene rings is 1. The Kier molecular flexibility index (Phi) is 5.38. The highest BCUT2D eigenvalue weighted by Gasteiger charge is 2.30. The van der Waals surface area contributed by atoms with Gasteiger partial charge in [-0.1, -0.05) is 6.07 Å². The van der Waals surface area contributed by atoms with Crippen molar-refractivity contribution in [2.45, 2.75) is 57.9 Å². The number of aromatic nitrogens is 5. The Labute approximate surface area is 223 Å². The number of nitrogens with one attached hydrogen (secondary N) is 1. The van der Waals surface area contributed by atoms with Gasteiger partial charge in [-0.3, -0.25) is 4.79 Å². The van der Waals surface area contributed by atoms with Crippen molar-refractivity contribution in [3.63, 3.8) is 0 Å². The number of hydrogen-bond acceptors (Lipinski definition) is 8. The molecule has 6 heterocycles. The van der Waals surface area contributed by atoms with Crippen LogP contribution in [0.1, 0.15) is 49.7 Å². The van der Waals surface area contributed by atoms with E-state index >= 15 is 0 Å². The highest BCUT2D eigenvalue weighted by molar-refractivity contribution is 7.25. The van der Waals surface area contributed by atoms with Crippen molar-refractivity contribution < 1.29 is 9.53 Å². The third-order valence-corrected chi connectivity index (χ3v) is 8.84. The van der Waals surface area contributed by atoms with Crippen LogP contribution in [-0.2, 0) is 29.0 Å². The van der Waals surface area contributed by atoms with Gasteiger partial charge in [0.15, 0.2) is 0 Å². The molecule has 2 aliphatic rings. The monoisotopic (exact) mass is 527 g/mol. The summed E-state index contributed by atoms with van der Waals surface area (Å²) in [7, 11) is 1.87. The number of benzene rings is 1. The number of imidazole rings is 1. The summed E-state index contributed by atoms with van der Waals surface area (Å²) in [6.45, 7) is 5.53. The molecule has 0 bridgehead atoms. The van der Waals surface area contributed by atoms with Crippen LogP contribution in [0.15, 0.2) is 36.9 Å². The van der Waals surface area contributed by atoms with Crippen molar-refractivity contribution in [1.82, 2.24) is 29.4 Å².